The molecule has 11 heteroatoms. The minimum atomic E-state index is -2.22. The molecule has 0 bridgehead atoms. The molecule has 1 aliphatic heterocycles. The molecule has 216 valence electrons. The second-order valence-corrected chi connectivity index (χ2v) is 11.4. The van der Waals surface area contributed by atoms with Crippen LogP contribution >= 0.6 is 11.6 Å². The fourth-order valence-corrected chi connectivity index (χ4v) is 6.56. The lowest BCUT2D eigenvalue weighted by Gasteiger charge is -2.56. The first-order chi connectivity index (χ1) is 18.1. The third-order valence-electron chi connectivity index (χ3n) is 8.41. The van der Waals surface area contributed by atoms with Crippen LogP contribution in [0.3, 0.4) is 0 Å². The Bertz CT molecular complexity index is 1080. The number of Topliss-reactive ketones (excluding diaryl/α,β-unsaturated/α-hetero) is 1. The van der Waals surface area contributed by atoms with Crippen molar-refractivity contribution in [2.45, 2.75) is 96.2 Å². The number of halogens is 1. The van der Waals surface area contributed by atoms with Gasteiger partial charge in [0.2, 0.25) is 0 Å². The maximum atomic E-state index is 13.4. The summed E-state index contributed by atoms with van der Waals surface area (Å²) in [7, 11) is 0. The fraction of sp³-hybridized carbons (Fsp3) is 0.679. The number of allylic oxidation sites excluding steroid dienone is 1. The van der Waals surface area contributed by atoms with Gasteiger partial charge in [-0.3, -0.25) is 24.0 Å². The van der Waals surface area contributed by atoms with E-state index in [4.69, 9.17) is 30.5 Å². The van der Waals surface area contributed by atoms with Crippen LogP contribution < -0.4 is 0 Å². The van der Waals surface area contributed by atoms with Gasteiger partial charge in [0.1, 0.15) is 24.1 Å². The van der Waals surface area contributed by atoms with Crippen molar-refractivity contribution in [2.75, 3.05) is 0 Å². The van der Waals surface area contributed by atoms with Crippen LogP contribution in [0.25, 0.3) is 0 Å². The lowest BCUT2D eigenvalue weighted by Crippen LogP contribution is -2.69. The Morgan fingerprint density at radius 3 is 2.33 bits per heavy atom. The Hall–Kier alpha value is -2.72. The lowest BCUT2D eigenvalue weighted by atomic mass is 9.53. The van der Waals surface area contributed by atoms with Crippen molar-refractivity contribution in [2.24, 2.45) is 23.2 Å². The summed E-state index contributed by atoms with van der Waals surface area (Å²) < 4.78 is 22.9. The third kappa shape index (κ3) is 5.37. The van der Waals surface area contributed by atoms with Crippen molar-refractivity contribution >= 4 is 41.3 Å². The van der Waals surface area contributed by atoms with Gasteiger partial charge < -0.3 is 24.1 Å². The Kier molecular flexibility index (Phi) is 9.02. The van der Waals surface area contributed by atoms with E-state index >= 15 is 0 Å². The van der Waals surface area contributed by atoms with Crippen molar-refractivity contribution in [3.8, 4) is 0 Å². The lowest BCUT2D eigenvalue weighted by molar-refractivity contribution is -0.232. The number of aliphatic hydroxyl groups is 1. The average Bonchev–Trinajstić information content (AvgIpc) is 3.07. The number of esters is 4. The molecule has 0 amide bonds. The predicted octanol–water partition coefficient (Wildman–Crippen LogP) is 2.82. The van der Waals surface area contributed by atoms with Crippen LogP contribution in [0.1, 0.15) is 60.8 Å². The van der Waals surface area contributed by atoms with Crippen molar-refractivity contribution in [1.29, 1.82) is 0 Å². The molecule has 1 saturated carbocycles. The summed E-state index contributed by atoms with van der Waals surface area (Å²) in [6.45, 7) is 12.8. The number of hydrogen-bond donors (Lipinski definition) is 1. The van der Waals surface area contributed by atoms with E-state index in [0.29, 0.717) is 6.42 Å². The molecule has 3 rings (SSSR count). The first-order valence-corrected chi connectivity index (χ1v) is 13.5. The molecular weight excluding hydrogens is 532 g/mol. The molecule has 39 heavy (non-hydrogen) atoms. The van der Waals surface area contributed by atoms with Gasteiger partial charge in [0.15, 0.2) is 11.7 Å². The maximum absolute atomic E-state index is 13.4. The molecule has 0 aromatic heterocycles. The van der Waals surface area contributed by atoms with Crippen LogP contribution in [0.2, 0.25) is 0 Å². The highest BCUT2D eigenvalue weighted by molar-refractivity contribution is 6.23. The summed E-state index contributed by atoms with van der Waals surface area (Å²) in [6, 6.07) is 0. The molecular formula is C28H37ClO10. The summed E-state index contributed by atoms with van der Waals surface area (Å²) >= 11 is 6.68. The van der Waals surface area contributed by atoms with Crippen LogP contribution in [-0.2, 0) is 42.9 Å². The van der Waals surface area contributed by atoms with E-state index < -0.39 is 82.4 Å². The molecule has 0 radical (unpaired) electrons. The summed E-state index contributed by atoms with van der Waals surface area (Å²) in [6.07, 6.45) is -1.84. The number of alkyl halides is 1. The SMILES string of the molecule is C=C1/C=C\C(OC(C)=O)[C@@]2(C)[C@@H](OC(=O)CCC)CC(=O)[C@H](C)[C@@H]2C(OC(C)=O)C2(O)C(C)C(=O)O[C@H]2[C@H]1Cl. The van der Waals surface area contributed by atoms with Crippen LogP contribution in [0.4, 0.5) is 0 Å². The van der Waals surface area contributed by atoms with Crippen molar-refractivity contribution in [3.63, 3.8) is 0 Å². The smallest absolute Gasteiger partial charge is 0.312 e. The van der Waals surface area contributed by atoms with Gasteiger partial charge >= 0.3 is 23.9 Å². The van der Waals surface area contributed by atoms with Crippen molar-refractivity contribution in [1.82, 2.24) is 0 Å². The van der Waals surface area contributed by atoms with Gasteiger partial charge in [-0.2, -0.15) is 0 Å². The van der Waals surface area contributed by atoms with Gasteiger partial charge in [0, 0.05) is 38.5 Å². The Morgan fingerprint density at radius 1 is 1.15 bits per heavy atom. The predicted molar refractivity (Wildman–Crippen MR) is 138 cm³/mol. The van der Waals surface area contributed by atoms with Crippen LogP contribution in [0.15, 0.2) is 24.3 Å². The molecule has 0 spiro atoms. The standard InChI is InChI=1S/C28H37ClO10/c1-8-9-21(33)38-20-12-18(32)14(3)22-24(37-17(6)31)28(35)15(4)26(34)39-25(28)23(29)13(2)10-11-19(27(20,22)7)36-16(5)30/h10-11,14-15,19-20,22-25,35H,2,8-9,12H2,1,3-7H3/b11-10-/t14-,15?,19?,20-,22+,23-,24?,25-,27-,28?/m0/s1. The highest BCUT2D eigenvalue weighted by Crippen LogP contribution is 2.56. The van der Waals surface area contributed by atoms with E-state index in [2.05, 4.69) is 6.58 Å². The highest BCUT2D eigenvalue weighted by atomic mass is 35.5. The molecule has 1 heterocycles. The summed E-state index contributed by atoms with van der Waals surface area (Å²) in [5.74, 6) is -6.36. The number of carbonyl (C=O) groups is 5. The number of ketones is 1. The zero-order valence-electron chi connectivity index (χ0n) is 23.1. The van der Waals surface area contributed by atoms with Crippen molar-refractivity contribution in [3.05, 3.63) is 24.3 Å². The van der Waals surface area contributed by atoms with Gasteiger partial charge in [-0.15, -0.1) is 11.6 Å². The van der Waals surface area contributed by atoms with Gasteiger partial charge in [0.25, 0.3) is 0 Å². The second kappa shape index (κ2) is 11.4. The topological polar surface area (TPSA) is 142 Å². The molecule has 3 aliphatic rings. The number of rotatable bonds is 5. The fourth-order valence-electron chi connectivity index (χ4n) is 6.24. The molecule has 2 aliphatic carbocycles. The van der Waals surface area contributed by atoms with Gasteiger partial charge in [0.05, 0.1) is 16.7 Å². The van der Waals surface area contributed by atoms with E-state index in [1.165, 1.54) is 26.0 Å². The van der Waals surface area contributed by atoms with Gasteiger partial charge in [-0.25, -0.2) is 0 Å². The molecule has 10 atom stereocenters. The van der Waals surface area contributed by atoms with Gasteiger partial charge in [-0.1, -0.05) is 33.4 Å². The van der Waals surface area contributed by atoms with E-state index in [9.17, 15) is 29.1 Å². The average molecular weight is 569 g/mol. The first kappa shape index (κ1) is 30.8. The molecule has 10 nitrogen and oxygen atoms in total. The molecule has 2 fully saturated rings. The quantitative estimate of drug-likeness (QED) is 0.299. The molecule has 0 aromatic carbocycles. The largest absolute Gasteiger partial charge is 0.461 e. The molecule has 1 saturated heterocycles. The maximum Gasteiger partial charge on any atom is 0.312 e. The van der Waals surface area contributed by atoms with Crippen molar-refractivity contribution < 1.29 is 48.0 Å². The zero-order chi connectivity index (χ0) is 29.4. The Balaban J connectivity index is 2.39. The number of fused-ring (bicyclic) bond motifs is 2. The minimum Gasteiger partial charge on any atom is -0.461 e. The zero-order valence-corrected chi connectivity index (χ0v) is 23.9. The summed E-state index contributed by atoms with van der Waals surface area (Å²) in [4.78, 5) is 63.9. The normalized spacial score (nSPS) is 41.0. The van der Waals surface area contributed by atoms with E-state index in [1.807, 2.05) is 0 Å². The van der Waals surface area contributed by atoms with Crippen LogP contribution in [0.5, 0.6) is 0 Å². The number of hydrogen-bond acceptors (Lipinski definition) is 10. The van der Waals surface area contributed by atoms with Crippen LogP contribution in [-0.4, -0.2) is 70.2 Å². The molecule has 0 aromatic rings. The van der Waals surface area contributed by atoms with Gasteiger partial charge in [-0.05, 0) is 25.0 Å². The Morgan fingerprint density at radius 2 is 1.77 bits per heavy atom. The first-order valence-electron chi connectivity index (χ1n) is 13.1. The van der Waals surface area contributed by atoms with Crippen LogP contribution in [0, 0.1) is 23.2 Å². The van der Waals surface area contributed by atoms with E-state index in [-0.39, 0.29) is 24.2 Å². The monoisotopic (exact) mass is 568 g/mol. The van der Waals surface area contributed by atoms with E-state index in [1.54, 1.807) is 20.8 Å². The third-order valence-corrected chi connectivity index (χ3v) is 8.91. The Labute approximate surface area is 233 Å². The molecule has 4 unspecified atom stereocenters. The summed E-state index contributed by atoms with van der Waals surface area (Å²) in [5.41, 5.74) is -3.42. The summed E-state index contributed by atoms with van der Waals surface area (Å²) in [5, 5.41) is 11.2. The molecule has 1 N–H and O–H groups in total. The second-order valence-electron chi connectivity index (χ2n) is 10.9. The highest BCUT2D eigenvalue weighted by Gasteiger charge is 2.70. The minimum absolute atomic E-state index is 0.0819. The number of carbonyl (C=O) groups excluding carboxylic acids is 5. The van der Waals surface area contributed by atoms with E-state index in [0.717, 1.165) is 6.92 Å². The number of ether oxygens (including phenoxy) is 4.